The van der Waals surface area contributed by atoms with Crippen molar-refractivity contribution >= 4 is 5.91 Å². The number of benzene rings is 2. The van der Waals surface area contributed by atoms with Crippen molar-refractivity contribution < 1.29 is 28.8 Å². The minimum absolute atomic E-state index is 0.111. The van der Waals surface area contributed by atoms with Crippen molar-refractivity contribution in [3.63, 3.8) is 0 Å². The van der Waals surface area contributed by atoms with Crippen LogP contribution in [0.25, 0.3) is 0 Å². The largest absolute Gasteiger partial charge is 0.483 e. The van der Waals surface area contributed by atoms with Crippen LogP contribution in [0.4, 0.5) is 0 Å². The van der Waals surface area contributed by atoms with Gasteiger partial charge in [-0.3, -0.25) is 4.79 Å². The van der Waals surface area contributed by atoms with Gasteiger partial charge in [0.1, 0.15) is 5.60 Å². The summed E-state index contributed by atoms with van der Waals surface area (Å²) in [5.41, 5.74) is 1.54. The van der Waals surface area contributed by atoms with Crippen molar-refractivity contribution in [3.05, 3.63) is 47.5 Å². The summed E-state index contributed by atoms with van der Waals surface area (Å²) in [5.74, 6) is 2.33. The predicted molar refractivity (Wildman–Crippen MR) is 105 cm³/mol. The number of hydrogen-bond acceptors (Lipinski definition) is 6. The third-order valence-corrected chi connectivity index (χ3v) is 4.94. The van der Waals surface area contributed by atoms with Crippen molar-refractivity contribution in [3.8, 4) is 23.0 Å². The normalized spacial score (nSPS) is 16.7. The molecule has 7 nitrogen and oxygen atoms in total. The molecule has 29 heavy (non-hydrogen) atoms. The topological polar surface area (TPSA) is 86.3 Å². The van der Waals surface area contributed by atoms with Gasteiger partial charge in [0.05, 0.1) is 6.10 Å². The highest BCUT2D eigenvalue weighted by atomic mass is 16.7. The molecule has 0 aliphatic carbocycles. The van der Waals surface area contributed by atoms with E-state index in [0.29, 0.717) is 36.0 Å². The summed E-state index contributed by atoms with van der Waals surface area (Å²) in [5, 5.41) is 13.1. The van der Waals surface area contributed by atoms with Crippen molar-refractivity contribution in [2.24, 2.45) is 0 Å². The maximum absolute atomic E-state index is 12.1. The van der Waals surface area contributed by atoms with Crippen LogP contribution in [0, 0.1) is 0 Å². The van der Waals surface area contributed by atoms with Gasteiger partial charge < -0.3 is 29.4 Å². The first-order chi connectivity index (χ1) is 13.9. The van der Waals surface area contributed by atoms with Crippen molar-refractivity contribution in [1.82, 2.24) is 5.32 Å². The molecule has 2 heterocycles. The summed E-state index contributed by atoms with van der Waals surface area (Å²) >= 11 is 0. The fraction of sp³-hybridized carbons (Fsp3) is 0.409. The first-order valence-corrected chi connectivity index (χ1v) is 9.69. The molecule has 0 radical (unpaired) electrons. The van der Waals surface area contributed by atoms with Crippen LogP contribution in [0.1, 0.15) is 37.5 Å². The summed E-state index contributed by atoms with van der Waals surface area (Å²) in [6.45, 7) is 4.45. The maximum Gasteiger partial charge on any atom is 0.257 e. The monoisotopic (exact) mass is 399 g/mol. The molecule has 0 saturated heterocycles. The predicted octanol–water partition coefficient (Wildman–Crippen LogP) is 2.75. The van der Waals surface area contributed by atoms with Crippen LogP contribution in [0.15, 0.2) is 36.4 Å². The number of nitrogens with one attached hydrogen (secondary N) is 1. The van der Waals surface area contributed by atoms with E-state index in [4.69, 9.17) is 18.9 Å². The summed E-state index contributed by atoms with van der Waals surface area (Å²) in [7, 11) is 0. The van der Waals surface area contributed by atoms with Crippen LogP contribution >= 0.6 is 0 Å². The number of aliphatic hydroxyl groups excluding tert-OH is 1. The minimum atomic E-state index is -0.709. The van der Waals surface area contributed by atoms with E-state index in [0.717, 1.165) is 17.5 Å². The highest BCUT2D eigenvalue weighted by Gasteiger charge is 2.32. The number of carbonyl (C=O) groups is 1. The zero-order valence-electron chi connectivity index (χ0n) is 16.6. The second kappa shape index (κ2) is 7.83. The van der Waals surface area contributed by atoms with E-state index in [2.05, 4.69) is 5.32 Å². The molecule has 2 N–H and O–H groups in total. The van der Waals surface area contributed by atoms with Gasteiger partial charge in [0.15, 0.2) is 29.6 Å². The van der Waals surface area contributed by atoms with Crippen molar-refractivity contribution in [2.75, 3.05) is 19.9 Å². The van der Waals surface area contributed by atoms with E-state index in [1.807, 2.05) is 26.0 Å². The number of amides is 1. The van der Waals surface area contributed by atoms with E-state index in [1.165, 1.54) is 0 Å². The van der Waals surface area contributed by atoms with Crippen molar-refractivity contribution in [2.45, 2.75) is 38.4 Å². The molecule has 2 aliphatic rings. The third kappa shape index (κ3) is 4.40. The molecule has 2 aromatic carbocycles. The average Bonchev–Trinajstić information content (AvgIpc) is 3.27. The summed E-state index contributed by atoms with van der Waals surface area (Å²) < 4.78 is 22.2. The lowest BCUT2D eigenvalue weighted by atomic mass is 10.0. The lowest BCUT2D eigenvalue weighted by molar-refractivity contribution is -0.123. The Balaban J connectivity index is 1.24. The lowest BCUT2D eigenvalue weighted by Crippen LogP contribution is -2.30. The summed E-state index contributed by atoms with van der Waals surface area (Å²) in [6, 6.07) is 11.0. The quantitative estimate of drug-likeness (QED) is 0.745. The molecular weight excluding hydrogens is 374 g/mol. The van der Waals surface area contributed by atoms with Crippen LogP contribution in [0.3, 0.4) is 0 Å². The Morgan fingerprint density at radius 2 is 2.07 bits per heavy atom. The van der Waals surface area contributed by atoms with Crippen LogP contribution in [0.2, 0.25) is 0 Å². The molecule has 154 valence electrons. The van der Waals surface area contributed by atoms with Crippen LogP contribution < -0.4 is 24.3 Å². The third-order valence-electron chi connectivity index (χ3n) is 4.94. The number of para-hydroxylation sites is 1. The highest BCUT2D eigenvalue weighted by Crippen LogP contribution is 2.41. The zero-order valence-corrected chi connectivity index (χ0v) is 16.6. The van der Waals surface area contributed by atoms with Gasteiger partial charge in [0.25, 0.3) is 5.91 Å². The molecule has 4 rings (SSSR count). The van der Waals surface area contributed by atoms with Gasteiger partial charge in [0, 0.05) is 18.5 Å². The molecule has 0 fully saturated rings. The van der Waals surface area contributed by atoms with E-state index < -0.39 is 6.10 Å². The fourth-order valence-corrected chi connectivity index (χ4v) is 3.53. The Morgan fingerprint density at radius 1 is 1.24 bits per heavy atom. The molecule has 2 aromatic rings. The van der Waals surface area contributed by atoms with Crippen molar-refractivity contribution in [1.29, 1.82) is 0 Å². The Bertz CT molecular complexity index is 910. The molecule has 0 bridgehead atoms. The van der Waals surface area contributed by atoms with Crippen LogP contribution in [-0.4, -0.2) is 36.6 Å². The zero-order chi connectivity index (χ0) is 20.4. The van der Waals surface area contributed by atoms with Crippen LogP contribution in [0.5, 0.6) is 23.0 Å². The van der Waals surface area contributed by atoms with Gasteiger partial charge in [0.2, 0.25) is 6.79 Å². The Morgan fingerprint density at radius 3 is 2.93 bits per heavy atom. The second-order valence-electron chi connectivity index (χ2n) is 7.84. The number of aliphatic hydroxyl groups is 1. The van der Waals surface area contributed by atoms with Gasteiger partial charge in [-0.1, -0.05) is 18.2 Å². The average molecular weight is 399 g/mol. The molecule has 1 unspecified atom stereocenters. The standard InChI is InChI=1S/C22H25NO6/c1-22(2)11-15-4-3-5-18(21(15)29-22)26-12-20(25)23-9-8-16(24)14-6-7-17-19(10-14)28-13-27-17/h3-7,10,16,24H,8-9,11-13H2,1-2H3,(H,23,25). The van der Waals surface area contributed by atoms with Gasteiger partial charge in [-0.05, 0) is 44.0 Å². The molecule has 0 aromatic heterocycles. The Kier molecular flexibility index (Phi) is 5.24. The van der Waals surface area contributed by atoms with Crippen LogP contribution in [-0.2, 0) is 11.2 Å². The first kappa shape index (κ1) is 19.4. The summed E-state index contributed by atoms with van der Waals surface area (Å²) in [6.07, 6.45) is 0.478. The van der Waals surface area contributed by atoms with E-state index in [1.54, 1.807) is 24.3 Å². The molecule has 1 amide bonds. The molecule has 0 saturated carbocycles. The molecular formula is C22H25NO6. The number of rotatable bonds is 7. The number of fused-ring (bicyclic) bond motifs is 2. The molecule has 2 aliphatic heterocycles. The second-order valence-corrected chi connectivity index (χ2v) is 7.84. The van der Waals surface area contributed by atoms with E-state index in [9.17, 15) is 9.90 Å². The SMILES string of the molecule is CC1(C)Cc2cccc(OCC(=O)NCCC(O)c3ccc4c(c3)OCO4)c2O1. The summed E-state index contributed by atoms with van der Waals surface area (Å²) in [4.78, 5) is 12.1. The van der Waals surface area contributed by atoms with Gasteiger partial charge in [-0.25, -0.2) is 0 Å². The molecule has 0 spiro atoms. The number of carbonyl (C=O) groups excluding carboxylic acids is 1. The van der Waals surface area contributed by atoms with E-state index >= 15 is 0 Å². The maximum atomic E-state index is 12.1. The van der Waals surface area contributed by atoms with Gasteiger partial charge in [-0.2, -0.15) is 0 Å². The van der Waals surface area contributed by atoms with Gasteiger partial charge >= 0.3 is 0 Å². The minimum Gasteiger partial charge on any atom is -0.483 e. The smallest absolute Gasteiger partial charge is 0.257 e. The number of ether oxygens (including phenoxy) is 4. The molecule has 7 heteroatoms. The lowest BCUT2D eigenvalue weighted by Gasteiger charge is -2.18. The van der Waals surface area contributed by atoms with Gasteiger partial charge in [-0.15, -0.1) is 0 Å². The number of hydrogen-bond donors (Lipinski definition) is 2. The fourth-order valence-electron chi connectivity index (χ4n) is 3.53. The first-order valence-electron chi connectivity index (χ1n) is 9.69. The Hall–Kier alpha value is -2.93. The van der Waals surface area contributed by atoms with E-state index in [-0.39, 0.29) is 24.9 Å². The highest BCUT2D eigenvalue weighted by molar-refractivity contribution is 5.77. The Labute approximate surface area is 169 Å². The molecule has 1 atom stereocenters.